The van der Waals surface area contributed by atoms with Crippen molar-refractivity contribution in [3.63, 3.8) is 0 Å². The van der Waals surface area contributed by atoms with Crippen molar-refractivity contribution >= 4 is 5.97 Å². The minimum Gasteiger partial charge on any atom is -0.481 e. The molecule has 0 saturated carbocycles. The van der Waals surface area contributed by atoms with E-state index in [0.717, 1.165) is 24.2 Å². The molecule has 0 aromatic carbocycles. The Labute approximate surface area is 83.5 Å². The molecule has 1 N–H and O–H groups in total. The van der Waals surface area contributed by atoms with Gasteiger partial charge in [0.15, 0.2) is 0 Å². The van der Waals surface area contributed by atoms with Gasteiger partial charge in [0.1, 0.15) is 0 Å². The van der Waals surface area contributed by atoms with Crippen molar-refractivity contribution in [2.24, 2.45) is 0 Å². The lowest BCUT2D eigenvalue weighted by atomic mass is 10.0. The van der Waals surface area contributed by atoms with E-state index in [9.17, 15) is 4.79 Å². The lowest BCUT2D eigenvalue weighted by Crippen LogP contribution is -2.09. The van der Waals surface area contributed by atoms with E-state index in [1.54, 1.807) is 13.1 Å². The highest BCUT2D eigenvalue weighted by Crippen LogP contribution is 2.19. The fourth-order valence-corrected chi connectivity index (χ4v) is 1.46. The zero-order valence-electron chi connectivity index (χ0n) is 8.82. The van der Waals surface area contributed by atoms with Gasteiger partial charge in [0, 0.05) is 17.8 Å². The average Bonchev–Trinajstić information content (AvgIpc) is 2.48. The minimum atomic E-state index is -0.802. The van der Waals surface area contributed by atoms with Gasteiger partial charge >= 0.3 is 5.97 Å². The Bertz CT molecular complexity index is 331. The van der Waals surface area contributed by atoms with Gasteiger partial charge in [0.25, 0.3) is 0 Å². The highest BCUT2D eigenvalue weighted by atomic mass is 16.4. The Hall–Kier alpha value is -1.32. The van der Waals surface area contributed by atoms with Crippen molar-refractivity contribution < 1.29 is 9.90 Å². The molecule has 1 unspecified atom stereocenters. The van der Waals surface area contributed by atoms with Crippen LogP contribution in [0.3, 0.4) is 0 Å². The third-order valence-electron chi connectivity index (χ3n) is 2.41. The molecular formula is C10H16N2O2. The molecule has 1 atom stereocenters. The molecule has 1 aromatic heterocycles. The predicted molar refractivity (Wildman–Crippen MR) is 53.3 cm³/mol. The molecule has 0 bridgehead atoms. The fraction of sp³-hybridized carbons (Fsp3) is 0.600. The van der Waals surface area contributed by atoms with Crippen LogP contribution in [0.4, 0.5) is 0 Å². The highest BCUT2D eigenvalue weighted by molar-refractivity contribution is 5.75. The molecular weight excluding hydrogens is 180 g/mol. The lowest BCUT2D eigenvalue weighted by molar-refractivity contribution is -0.138. The first-order chi connectivity index (χ1) is 6.57. The van der Waals surface area contributed by atoms with Gasteiger partial charge in [-0.15, -0.1) is 0 Å². The number of carboxylic acids is 1. The van der Waals surface area contributed by atoms with E-state index in [1.807, 2.05) is 11.6 Å². The molecule has 1 aromatic rings. The fourth-order valence-electron chi connectivity index (χ4n) is 1.46. The van der Waals surface area contributed by atoms with Crippen LogP contribution in [0.2, 0.25) is 0 Å². The van der Waals surface area contributed by atoms with Crippen LogP contribution < -0.4 is 0 Å². The van der Waals surface area contributed by atoms with Crippen molar-refractivity contribution in [2.45, 2.75) is 39.7 Å². The van der Waals surface area contributed by atoms with Crippen LogP contribution in [0.1, 0.15) is 37.4 Å². The Morgan fingerprint density at radius 2 is 2.36 bits per heavy atom. The minimum absolute atomic E-state index is 0.472. The maximum atomic E-state index is 10.8. The molecule has 0 radical (unpaired) electrons. The maximum absolute atomic E-state index is 10.8. The third kappa shape index (κ3) is 1.95. The molecule has 0 fully saturated rings. The first kappa shape index (κ1) is 10.8. The number of hydrogen-bond acceptors (Lipinski definition) is 2. The van der Waals surface area contributed by atoms with Gasteiger partial charge in [0.2, 0.25) is 0 Å². The molecule has 0 spiro atoms. The van der Waals surface area contributed by atoms with Crippen LogP contribution in [0, 0.1) is 6.92 Å². The Morgan fingerprint density at radius 3 is 2.86 bits per heavy atom. The normalized spacial score (nSPS) is 12.8. The van der Waals surface area contributed by atoms with Crippen LogP contribution >= 0.6 is 0 Å². The molecule has 0 aliphatic heterocycles. The summed E-state index contributed by atoms with van der Waals surface area (Å²) in [5.41, 5.74) is 1.77. The summed E-state index contributed by atoms with van der Waals surface area (Å²) in [5, 5.41) is 13.0. The molecule has 14 heavy (non-hydrogen) atoms. The number of nitrogens with zero attached hydrogens (tertiary/aromatic N) is 2. The van der Waals surface area contributed by atoms with Crippen LogP contribution in [-0.2, 0) is 11.3 Å². The SMILES string of the molecule is CCCn1ncc(C(C)C(=O)O)c1C. The molecule has 0 aliphatic carbocycles. The van der Waals surface area contributed by atoms with Crippen LogP contribution in [0.5, 0.6) is 0 Å². The van der Waals surface area contributed by atoms with Crippen LogP contribution in [-0.4, -0.2) is 20.9 Å². The summed E-state index contributed by atoms with van der Waals surface area (Å²) >= 11 is 0. The summed E-state index contributed by atoms with van der Waals surface area (Å²) in [7, 11) is 0. The summed E-state index contributed by atoms with van der Waals surface area (Å²) in [5.74, 6) is -1.27. The molecule has 0 amide bonds. The van der Waals surface area contributed by atoms with Gasteiger partial charge in [0.05, 0.1) is 12.1 Å². The number of carbonyl (C=O) groups is 1. The molecule has 0 aliphatic rings. The maximum Gasteiger partial charge on any atom is 0.310 e. The quantitative estimate of drug-likeness (QED) is 0.798. The van der Waals surface area contributed by atoms with Crippen molar-refractivity contribution in [3.05, 3.63) is 17.5 Å². The monoisotopic (exact) mass is 196 g/mol. The van der Waals surface area contributed by atoms with E-state index in [-0.39, 0.29) is 0 Å². The number of hydrogen-bond donors (Lipinski definition) is 1. The predicted octanol–water partition coefficient (Wildman–Crippen LogP) is 1.79. The number of aliphatic carboxylic acids is 1. The summed E-state index contributed by atoms with van der Waals surface area (Å²) in [6.45, 7) is 6.51. The summed E-state index contributed by atoms with van der Waals surface area (Å²) < 4.78 is 1.86. The molecule has 0 saturated heterocycles. The molecule has 78 valence electrons. The van der Waals surface area contributed by atoms with Gasteiger partial charge in [-0.05, 0) is 20.3 Å². The molecule has 1 heterocycles. The van der Waals surface area contributed by atoms with Gasteiger partial charge in [-0.25, -0.2) is 0 Å². The standard InChI is InChI=1S/C10H16N2O2/c1-4-5-12-8(3)9(6-11-12)7(2)10(13)14/h6-7H,4-5H2,1-3H3,(H,13,14). The highest BCUT2D eigenvalue weighted by Gasteiger charge is 2.18. The largest absolute Gasteiger partial charge is 0.481 e. The summed E-state index contributed by atoms with van der Waals surface area (Å²) in [6, 6.07) is 0. The number of carboxylic acid groups (broad SMARTS) is 1. The van der Waals surface area contributed by atoms with Gasteiger partial charge in [-0.2, -0.15) is 5.10 Å². The summed E-state index contributed by atoms with van der Waals surface area (Å²) in [6.07, 6.45) is 2.66. The van der Waals surface area contributed by atoms with Crippen molar-refractivity contribution in [1.82, 2.24) is 9.78 Å². The second kappa shape index (κ2) is 4.26. The molecule has 4 heteroatoms. The lowest BCUT2D eigenvalue weighted by Gasteiger charge is -2.06. The van der Waals surface area contributed by atoms with Crippen molar-refractivity contribution in [2.75, 3.05) is 0 Å². The van der Waals surface area contributed by atoms with E-state index in [4.69, 9.17) is 5.11 Å². The second-order valence-electron chi connectivity index (χ2n) is 3.47. The van der Waals surface area contributed by atoms with Crippen LogP contribution in [0.15, 0.2) is 6.20 Å². The second-order valence-corrected chi connectivity index (χ2v) is 3.47. The average molecular weight is 196 g/mol. The Balaban J connectivity index is 2.94. The van der Waals surface area contributed by atoms with E-state index >= 15 is 0 Å². The zero-order chi connectivity index (χ0) is 10.7. The van der Waals surface area contributed by atoms with Crippen LogP contribution in [0.25, 0.3) is 0 Å². The van der Waals surface area contributed by atoms with E-state index in [1.165, 1.54) is 0 Å². The topological polar surface area (TPSA) is 55.1 Å². The molecule has 1 rings (SSSR count). The first-order valence-electron chi connectivity index (χ1n) is 4.83. The Kier molecular flexibility index (Phi) is 3.28. The Morgan fingerprint density at radius 1 is 1.71 bits per heavy atom. The van der Waals surface area contributed by atoms with E-state index < -0.39 is 11.9 Å². The number of rotatable bonds is 4. The summed E-state index contributed by atoms with van der Waals surface area (Å²) in [4.78, 5) is 10.8. The first-order valence-corrected chi connectivity index (χ1v) is 4.83. The number of aromatic nitrogens is 2. The number of aryl methyl sites for hydroxylation is 1. The van der Waals surface area contributed by atoms with E-state index in [0.29, 0.717) is 0 Å². The molecule has 4 nitrogen and oxygen atoms in total. The van der Waals surface area contributed by atoms with Gasteiger partial charge in [-0.1, -0.05) is 6.92 Å². The van der Waals surface area contributed by atoms with E-state index in [2.05, 4.69) is 12.0 Å². The zero-order valence-corrected chi connectivity index (χ0v) is 8.82. The van der Waals surface area contributed by atoms with Gasteiger partial charge in [-0.3, -0.25) is 9.48 Å². The van der Waals surface area contributed by atoms with Crippen molar-refractivity contribution in [1.29, 1.82) is 0 Å². The third-order valence-corrected chi connectivity index (χ3v) is 2.41. The smallest absolute Gasteiger partial charge is 0.310 e. The van der Waals surface area contributed by atoms with Gasteiger partial charge < -0.3 is 5.11 Å². The van der Waals surface area contributed by atoms with Crippen molar-refractivity contribution in [3.8, 4) is 0 Å².